The van der Waals surface area contributed by atoms with Gasteiger partial charge in [0.2, 0.25) is 17.6 Å². The molecule has 0 bridgehead atoms. The van der Waals surface area contributed by atoms with E-state index in [1.54, 1.807) is 23.3 Å². The second kappa shape index (κ2) is 7.43. The monoisotopic (exact) mass is 345 g/mol. The van der Waals surface area contributed by atoms with E-state index in [9.17, 15) is 4.79 Å². The molecule has 0 aliphatic heterocycles. The van der Waals surface area contributed by atoms with E-state index in [4.69, 9.17) is 4.52 Å². The van der Waals surface area contributed by atoms with Crippen LogP contribution in [0.25, 0.3) is 10.7 Å². The molecule has 0 N–H and O–H groups in total. The van der Waals surface area contributed by atoms with Crippen molar-refractivity contribution in [1.82, 2.24) is 10.1 Å². The number of hydrogen-bond acceptors (Lipinski definition) is 6. The van der Waals surface area contributed by atoms with E-state index in [2.05, 4.69) is 10.1 Å². The highest BCUT2D eigenvalue weighted by molar-refractivity contribution is 7.99. The van der Waals surface area contributed by atoms with E-state index >= 15 is 0 Å². The van der Waals surface area contributed by atoms with Gasteiger partial charge in [-0.1, -0.05) is 29.4 Å². The molecular weight excluding hydrogens is 330 g/mol. The van der Waals surface area contributed by atoms with Crippen LogP contribution in [0, 0.1) is 0 Å². The zero-order chi connectivity index (χ0) is 16.1. The fourth-order valence-corrected chi connectivity index (χ4v) is 3.35. The summed E-state index contributed by atoms with van der Waals surface area (Å²) >= 11 is 3.03. The quantitative estimate of drug-likeness (QED) is 0.682. The van der Waals surface area contributed by atoms with E-state index in [1.807, 2.05) is 47.8 Å². The largest absolute Gasteiger partial charge is 0.338 e. The molecule has 0 unspecified atom stereocenters. The average Bonchev–Trinajstić information content (AvgIpc) is 3.26. The van der Waals surface area contributed by atoms with Crippen LogP contribution >= 0.6 is 23.1 Å². The second-order valence-electron chi connectivity index (χ2n) is 4.77. The molecule has 7 heteroatoms. The van der Waals surface area contributed by atoms with Gasteiger partial charge in [-0.25, -0.2) is 0 Å². The lowest BCUT2D eigenvalue weighted by atomic mass is 10.3. The maximum atomic E-state index is 12.2. The first-order valence-electron chi connectivity index (χ1n) is 7.00. The Morgan fingerprint density at radius 2 is 2.09 bits per heavy atom. The first-order valence-corrected chi connectivity index (χ1v) is 9.03. The highest BCUT2D eigenvalue weighted by Gasteiger charge is 2.13. The lowest BCUT2D eigenvalue weighted by molar-refractivity contribution is -0.115. The van der Waals surface area contributed by atoms with Crippen molar-refractivity contribution in [2.24, 2.45) is 0 Å². The number of nitrogens with zero attached hydrogens (tertiary/aromatic N) is 3. The van der Waals surface area contributed by atoms with Gasteiger partial charge in [0.1, 0.15) is 0 Å². The molecule has 5 nitrogen and oxygen atoms in total. The fraction of sp³-hybridized carbons (Fsp3) is 0.188. The number of thioether (sulfide) groups is 1. The molecule has 1 aromatic carbocycles. The molecule has 0 aliphatic carbocycles. The Morgan fingerprint density at radius 1 is 1.26 bits per heavy atom. The Bertz CT molecular complexity index is 757. The first kappa shape index (κ1) is 15.8. The normalized spacial score (nSPS) is 10.7. The number of carbonyl (C=O) groups excluding carboxylic acids is 1. The number of hydrogen-bond donors (Lipinski definition) is 0. The Labute approximate surface area is 142 Å². The van der Waals surface area contributed by atoms with Crippen molar-refractivity contribution in [3.63, 3.8) is 0 Å². The van der Waals surface area contributed by atoms with Gasteiger partial charge in [0.05, 0.1) is 16.4 Å². The van der Waals surface area contributed by atoms with Crippen LogP contribution in [0.5, 0.6) is 0 Å². The number of benzene rings is 1. The number of carbonyl (C=O) groups is 1. The van der Waals surface area contributed by atoms with Gasteiger partial charge in [0, 0.05) is 12.7 Å². The van der Waals surface area contributed by atoms with Crippen molar-refractivity contribution < 1.29 is 9.32 Å². The van der Waals surface area contributed by atoms with E-state index in [-0.39, 0.29) is 5.91 Å². The van der Waals surface area contributed by atoms with Crippen molar-refractivity contribution in [3.05, 3.63) is 53.7 Å². The summed E-state index contributed by atoms with van der Waals surface area (Å²) < 4.78 is 5.22. The topological polar surface area (TPSA) is 59.2 Å². The third kappa shape index (κ3) is 4.00. The zero-order valence-electron chi connectivity index (χ0n) is 12.5. The number of para-hydroxylation sites is 1. The molecule has 0 atom stereocenters. The molecule has 2 heterocycles. The van der Waals surface area contributed by atoms with Gasteiger partial charge in [-0.05, 0) is 23.6 Å². The van der Waals surface area contributed by atoms with Crippen LogP contribution in [0.2, 0.25) is 0 Å². The molecule has 118 valence electrons. The van der Waals surface area contributed by atoms with E-state index in [1.165, 1.54) is 11.8 Å². The van der Waals surface area contributed by atoms with Gasteiger partial charge in [-0.15, -0.1) is 23.1 Å². The fourth-order valence-electron chi connectivity index (χ4n) is 1.94. The highest BCUT2D eigenvalue weighted by Crippen LogP contribution is 2.22. The molecule has 3 aromatic rings. The van der Waals surface area contributed by atoms with Crippen LogP contribution in [-0.4, -0.2) is 28.8 Å². The first-order chi connectivity index (χ1) is 11.2. The minimum Gasteiger partial charge on any atom is -0.338 e. The number of thiophene rings is 1. The molecule has 1 amide bonds. The summed E-state index contributed by atoms with van der Waals surface area (Å²) in [4.78, 5) is 19.1. The molecule has 0 aliphatic rings. The van der Waals surface area contributed by atoms with Gasteiger partial charge in [0.25, 0.3) is 0 Å². The predicted octanol–water partition coefficient (Wildman–Crippen LogP) is 3.69. The number of aromatic nitrogens is 2. The van der Waals surface area contributed by atoms with Crippen molar-refractivity contribution in [2.45, 2.75) is 5.75 Å². The van der Waals surface area contributed by atoms with Gasteiger partial charge in [-0.2, -0.15) is 4.98 Å². The summed E-state index contributed by atoms with van der Waals surface area (Å²) in [7, 11) is 1.78. The smallest absolute Gasteiger partial charge is 0.236 e. The van der Waals surface area contributed by atoms with Crippen molar-refractivity contribution in [2.75, 3.05) is 17.7 Å². The summed E-state index contributed by atoms with van der Waals surface area (Å²) in [5.74, 6) is 2.06. The zero-order valence-corrected chi connectivity index (χ0v) is 14.1. The van der Waals surface area contributed by atoms with Crippen LogP contribution in [-0.2, 0) is 10.5 Å². The Hall–Kier alpha value is -2.12. The highest BCUT2D eigenvalue weighted by atomic mass is 32.2. The Kier molecular flexibility index (Phi) is 5.09. The van der Waals surface area contributed by atoms with Crippen molar-refractivity contribution in [1.29, 1.82) is 0 Å². The number of rotatable bonds is 6. The third-order valence-corrected chi connectivity index (χ3v) is 4.95. The summed E-state index contributed by atoms with van der Waals surface area (Å²) in [6, 6.07) is 13.5. The second-order valence-corrected chi connectivity index (χ2v) is 6.70. The third-order valence-electron chi connectivity index (χ3n) is 3.18. The average molecular weight is 345 g/mol. The maximum absolute atomic E-state index is 12.2. The lowest BCUT2D eigenvalue weighted by Crippen LogP contribution is -2.27. The molecule has 3 rings (SSSR count). The molecule has 0 saturated heterocycles. The van der Waals surface area contributed by atoms with Gasteiger partial charge in [-0.3, -0.25) is 4.79 Å². The molecule has 0 fully saturated rings. The summed E-state index contributed by atoms with van der Waals surface area (Å²) in [5.41, 5.74) is 0.885. The molecular formula is C16H15N3O2S2. The van der Waals surface area contributed by atoms with Crippen LogP contribution in [0.4, 0.5) is 5.69 Å². The van der Waals surface area contributed by atoms with E-state index in [0.29, 0.717) is 23.2 Å². The van der Waals surface area contributed by atoms with E-state index in [0.717, 1.165) is 10.6 Å². The van der Waals surface area contributed by atoms with Crippen molar-refractivity contribution >= 4 is 34.7 Å². The number of anilines is 1. The molecule has 0 radical (unpaired) electrons. The summed E-state index contributed by atoms with van der Waals surface area (Å²) in [6.07, 6.45) is 0. The maximum Gasteiger partial charge on any atom is 0.236 e. The standard InChI is InChI=1S/C16H15N3O2S2/c1-19(12-6-3-2-4-7-12)15(20)11-22-10-14-17-16(18-21-14)13-8-5-9-23-13/h2-9H,10-11H2,1H3. The van der Waals surface area contributed by atoms with Gasteiger partial charge in [0.15, 0.2) is 0 Å². The van der Waals surface area contributed by atoms with Crippen molar-refractivity contribution in [3.8, 4) is 10.7 Å². The van der Waals surface area contributed by atoms with Crippen LogP contribution in [0.15, 0.2) is 52.4 Å². The predicted molar refractivity (Wildman–Crippen MR) is 93.6 cm³/mol. The lowest BCUT2D eigenvalue weighted by Gasteiger charge is -2.16. The van der Waals surface area contributed by atoms with Crippen LogP contribution in [0.1, 0.15) is 5.89 Å². The summed E-state index contributed by atoms with van der Waals surface area (Å²) in [6.45, 7) is 0. The van der Waals surface area contributed by atoms with Gasteiger partial charge < -0.3 is 9.42 Å². The minimum atomic E-state index is 0.0409. The molecule has 0 spiro atoms. The van der Waals surface area contributed by atoms with Gasteiger partial charge >= 0.3 is 0 Å². The SMILES string of the molecule is CN(C(=O)CSCc1nc(-c2cccs2)no1)c1ccccc1. The van der Waals surface area contributed by atoms with Crippen LogP contribution in [0.3, 0.4) is 0 Å². The van der Waals surface area contributed by atoms with E-state index < -0.39 is 0 Å². The molecule has 2 aromatic heterocycles. The number of amides is 1. The Balaban J connectivity index is 1.50. The Morgan fingerprint density at radius 3 is 2.83 bits per heavy atom. The van der Waals surface area contributed by atoms with Crippen LogP contribution < -0.4 is 4.90 Å². The molecule has 23 heavy (non-hydrogen) atoms. The molecule has 0 saturated carbocycles. The minimum absolute atomic E-state index is 0.0409. The summed E-state index contributed by atoms with van der Waals surface area (Å²) in [5, 5.41) is 5.93.